The van der Waals surface area contributed by atoms with E-state index in [1.54, 1.807) is 6.20 Å². The largest absolute Gasteiger partial charge is 0.373 e. The van der Waals surface area contributed by atoms with E-state index in [4.69, 9.17) is 4.98 Å². The van der Waals surface area contributed by atoms with Gasteiger partial charge in [0.15, 0.2) is 5.82 Å². The molecule has 0 aromatic carbocycles. The Labute approximate surface area is 113 Å². The molecule has 1 N–H and O–H groups in total. The number of rotatable bonds is 3. The van der Waals surface area contributed by atoms with Crippen molar-refractivity contribution >= 4 is 5.82 Å². The summed E-state index contributed by atoms with van der Waals surface area (Å²) in [5.74, 6) is 2.23. The van der Waals surface area contributed by atoms with E-state index in [9.17, 15) is 0 Å². The first-order valence-electron chi connectivity index (χ1n) is 6.83. The summed E-state index contributed by atoms with van der Waals surface area (Å²) in [5.41, 5.74) is 2.12. The Balaban J connectivity index is 2.04. The van der Waals surface area contributed by atoms with Gasteiger partial charge in [0.25, 0.3) is 0 Å². The molecule has 5 nitrogen and oxygen atoms in total. The topological polar surface area (TPSA) is 55.6 Å². The first kappa shape index (κ1) is 12.1. The maximum absolute atomic E-state index is 4.75. The van der Waals surface area contributed by atoms with Crippen molar-refractivity contribution < 1.29 is 0 Å². The van der Waals surface area contributed by atoms with Crippen molar-refractivity contribution in [3.63, 3.8) is 0 Å². The highest BCUT2D eigenvalue weighted by atomic mass is 15.3. The lowest BCUT2D eigenvalue weighted by molar-refractivity contribution is 0.693. The summed E-state index contributed by atoms with van der Waals surface area (Å²) < 4.78 is 1.81. The fourth-order valence-electron chi connectivity index (χ4n) is 2.73. The van der Waals surface area contributed by atoms with Crippen LogP contribution in [0.3, 0.4) is 0 Å². The second-order valence-corrected chi connectivity index (χ2v) is 5.07. The van der Waals surface area contributed by atoms with Gasteiger partial charge in [0, 0.05) is 38.0 Å². The quantitative estimate of drug-likeness (QED) is 0.918. The molecule has 0 aliphatic heterocycles. The van der Waals surface area contributed by atoms with Crippen molar-refractivity contribution in [3.8, 4) is 11.5 Å². The Kier molecular flexibility index (Phi) is 3.19. The molecule has 5 heteroatoms. The van der Waals surface area contributed by atoms with E-state index in [-0.39, 0.29) is 0 Å². The number of aryl methyl sites for hydroxylation is 1. The fourth-order valence-corrected chi connectivity index (χ4v) is 2.73. The molecule has 100 valence electrons. The molecule has 0 bridgehead atoms. The van der Waals surface area contributed by atoms with Gasteiger partial charge in [0.1, 0.15) is 11.5 Å². The molecule has 0 spiro atoms. The van der Waals surface area contributed by atoms with Crippen molar-refractivity contribution in [2.24, 2.45) is 7.05 Å². The SMILES string of the molecule is CNc1cc(C2CCCC2)nc(-c2ccnn2C)n1. The zero-order chi connectivity index (χ0) is 13.2. The number of nitrogens with one attached hydrogen (secondary N) is 1. The molecule has 1 fully saturated rings. The third-order valence-electron chi connectivity index (χ3n) is 3.83. The Morgan fingerprint density at radius 1 is 1.26 bits per heavy atom. The number of hydrogen-bond acceptors (Lipinski definition) is 4. The van der Waals surface area contributed by atoms with Crippen molar-refractivity contribution in [1.29, 1.82) is 0 Å². The minimum absolute atomic E-state index is 0.585. The van der Waals surface area contributed by atoms with Gasteiger partial charge in [0.2, 0.25) is 0 Å². The maximum atomic E-state index is 4.75. The van der Waals surface area contributed by atoms with Crippen molar-refractivity contribution in [1.82, 2.24) is 19.7 Å². The predicted octanol–water partition coefficient (Wildman–Crippen LogP) is 2.58. The second kappa shape index (κ2) is 4.99. The average Bonchev–Trinajstić information content (AvgIpc) is 3.09. The smallest absolute Gasteiger partial charge is 0.180 e. The minimum Gasteiger partial charge on any atom is -0.373 e. The van der Waals surface area contributed by atoms with E-state index in [0.717, 1.165) is 23.0 Å². The van der Waals surface area contributed by atoms with Crippen LogP contribution < -0.4 is 5.32 Å². The molecule has 0 saturated heterocycles. The van der Waals surface area contributed by atoms with Crippen LogP contribution in [0.15, 0.2) is 18.3 Å². The van der Waals surface area contributed by atoms with Gasteiger partial charge >= 0.3 is 0 Å². The second-order valence-electron chi connectivity index (χ2n) is 5.07. The highest BCUT2D eigenvalue weighted by Crippen LogP contribution is 2.34. The molecule has 0 atom stereocenters. The summed E-state index contributed by atoms with van der Waals surface area (Å²) in [6, 6.07) is 4.03. The average molecular weight is 257 g/mol. The van der Waals surface area contributed by atoms with Crippen LogP contribution in [-0.2, 0) is 7.05 Å². The Morgan fingerprint density at radius 2 is 2.05 bits per heavy atom. The molecule has 2 aromatic heterocycles. The Bertz CT molecular complexity index is 569. The molecule has 0 radical (unpaired) electrons. The highest BCUT2D eigenvalue weighted by Gasteiger charge is 2.20. The lowest BCUT2D eigenvalue weighted by atomic mass is 10.0. The Hall–Kier alpha value is -1.91. The van der Waals surface area contributed by atoms with Gasteiger partial charge in [-0.15, -0.1) is 0 Å². The van der Waals surface area contributed by atoms with Gasteiger partial charge < -0.3 is 5.32 Å². The molecule has 2 aromatic rings. The third-order valence-corrected chi connectivity index (χ3v) is 3.83. The summed E-state index contributed by atoms with van der Waals surface area (Å²) in [6.45, 7) is 0. The zero-order valence-electron chi connectivity index (χ0n) is 11.4. The fraction of sp³-hybridized carbons (Fsp3) is 0.500. The Morgan fingerprint density at radius 3 is 2.68 bits per heavy atom. The number of anilines is 1. The predicted molar refractivity (Wildman–Crippen MR) is 75.0 cm³/mol. The molecule has 1 saturated carbocycles. The molecule has 19 heavy (non-hydrogen) atoms. The number of hydrogen-bond donors (Lipinski definition) is 1. The normalized spacial score (nSPS) is 15.9. The molecule has 0 amide bonds. The first-order valence-corrected chi connectivity index (χ1v) is 6.83. The monoisotopic (exact) mass is 257 g/mol. The van der Waals surface area contributed by atoms with E-state index in [1.807, 2.05) is 24.8 Å². The van der Waals surface area contributed by atoms with Crippen LogP contribution in [0.25, 0.3) is 11.5 Å². The molecule has 2 heterocycles. The zero-order valence-corrected chi connectivity index (χ0v) is 11.4. The minimum atomic E-state index is 0.585. The van der Waals surface area contributed by atoms with Crippen molar-refractivity contribution in [2.45, 2.75) is 31.6 Å². The summed E-state index contributed by atoms with van der Waals surface area (Å²) in [6.07, 6.45) is 6.88. The van der Waals surface area contributed by atoms with Crippen molar-refractivity contribution in [2.75, 3.05) is 12.4 Å². The molecule has 1 aliphatic carbocycles. The van der Waals surface area contributed by atoms with Crippen LogP contribution in [0, 0.1) is 0 Å². The van der Waals surface area contributed by atoms with E-state index in [0.29, 0.717) is 5.92 Å². The molecule has 1 aliphatic rings. The van der Waals surface area contributed by atoms with Gasteiger partial charge in [-0.3, -0.25) is 4.68 Å². The molecular formula is C14H19N5. The van der Waals surface area contributed by atoms with E-state index in [1.165, 1.54) is 25.7 Å². The van der Waals surface area contributed by atoms with Crippen LogP contribution in [0.4, 0.5) is 5.82 Å². The van der Waals surface area contributed by atoms with Gasteiger partial charge in [-0.25, -0.2) is 9.97 Å². The van der Waals surface area contributed by atoms with E-state index < -0.39 is 0 Å². The summed E-state index contributed by atoms with van der Waals surface area (Å²) >= 11 is 0. The lowest BCUT2D eigenvalue weighted by Crippen LogP contribution is -2.05. The van der Waals surface area contributed by atoms with Gasteiger partial charge in [0.05, 0.1) is 0 Å². The van der Waals surface area contributed by atoms with Crippen molar-refractivity contribution in [3.05, 3.63) is 24.0 Å². The number of aromatic nitrogens is 4. The first-order chi connectivity index (χ1) is 9.28. The third kappa shape index (κ3) is 2.32. The van der Waals surface area contributed by atoms with Crippen LogP contribution in [0.5, 0.6) is 0 Å². The van der Waals surface area contributed by atoms with Crippen LogP contribution in [0.1, 0.15) is 37.3 Å². The lowest BCUT2D eigenvalue weighted by Gasteiger charge is -2.12. The molecular weight excluding hydrogens is 238 g/mol. The van der Waals surface area contributed by atoms with Crippen LogP contribution >= 0.6 is 0 Å². The maximum Gasteiger partial charge on any atom is 0.180 e. The van der Waals surface area contributed by atoms with Gasteiger partial charge in [-0.1, -0.05) is 12.8 Å². The standard InChI is InChI=1S/C14H19N5/c1-15-13-9-11(10-5-3-4-6-10)17-14(18-13)12-7-8-16-19(12)2/h7-10H,3-6H2,1-2H3,(H,15,17,18). The van der Waals surface area contributed by atoms with E-state index in [2.05, 4.69) is 21.5 Å². The van der Waals surface area contributed by atoms with Crippen LogP contribution in [0.2, 0.25) is 0 Å². The van der Waals surface area contributed by atoms with Gasteiger partial charge in [-0.05, 0) is 18.9 Å². The molecule has 3 rings (SSSR count). The highest BCUT2D eigenvalue weighted by molar-refractivity contribution is 5.53. The van der Waals surface area contributed by atoms with E-state index >= 15 is 0 Å². The van der Waals surface area contributed by atoms with Gasteiger partial charge in [-0.2, -0.15) is 5.10 Å². The summed E-state index contributed by atoms with van der Waals surface area (Å²) in [5, 5.41) is 7.32. The summed E-state index contributed by atoms with van der Waals surface area (Å²) in [7, 11) is 3.81. The number of nitrogens with zero attached hydrogens (tertiary/aromatic N) is 4. The summed E-state index contributed by atoms with van der Waals surface area (Å²) in [4.78, 5) is 9.30. The molecule has 0 unspecified atom stereocenters. The van der Waals surface area contributed by atoms with Crippen LogP contribution in [-0.4, -0.2) is 26.8 Å².